The maximum atomic E-state index is 11.9. The van der Waals surface area contributed by atoms with E-state index in [-0.39, 0.29) is 10.9 Å². The van der Waals surface area contributed by atoms with Crippen LogP contribution in [0.1, 0.15) is 10.6 Å². The van der Waals surface area contributed by atoms with Gasteiger partial charge in [0.2, 0.25) is 0 Å². The lowest BCUT2D eigenvalue weighted by molar-refractivity contribution is 0.0950. The molecule has 0 spiro atoms. The molecule has 2 heterocycles. The Labute approximate surface area is 163 Å². The van der Waals surface area contributed by atoms with Crippen molar-refractivity contribution in [2.24, 2.45) is 0 Å². The lowest BCUT2D eigenvalue weighted by Crippen LogP contribution is -2.33. The molecule has 0 aliphatic rings. The summed E-state index contributed by atoms with van der Waals surface area (Å²) in [5.41, 5.74) is 2.87. The van der Waals surface area contributed by atoms with Crippen LogP contribution in [-0.4, -0.2) is 26.0 Å². The second-order valence-corrected chi connectivity index (χ2v) is 6.40. The topological polar surface area (TPSA) is 85.0 Å². The third-order valence-corrected chi connectivity index (χ3v) is 4.12. The number of fused-ring (bicyclic) bond motifs is 1. The van der Waals surface area contributed by atoms with Crippen molar-refractivity contribution in [1.82, 2.24) is 20.3 Å². The van der Waals surface area contributed by atoms with Crippen LogP contribution in [0.3, 0.4) is 0 Å². The van der Waals surface area contributed by atoms with Gasteiger partial charge in [0.15, 0.2) is 10.9 Å². The first-order valence-corrected chi connectivity index (χ1v) is 8.66. The van der Waals surface area contributed by atoms with E-state index in [1.165, 1.54) is 11.1 Å². The minimum absolute atomic E-state index is 0.154. The SMILES string of the molecule is O=C(NC(=S)Nc1ccc2nn(-c3ccc(Cl)cc3)nc2c1)c1ccco1. The number of carbonyl (C=O) groups is 1. The van der Waals surface area contributed by atoms with Crippen molar-refractivity contribution in [2.75, 3.05) is 5.32 Å². The molecule has 0 saturated carbocycles. The van der Waals surface area contributed by atoms with Crippen LogP contribution in [0.25, 0.3) is 16.7 Å². The van der Waals surface area contributed by atoms with Gasteiger partial charge >= 0.3 is 0 Å². The molecule has 0 atom stereocenters. The summed E-state index contributed by atoms with van der Waals surface area (Å²) in [4.78, 5) is 13.5. The smallest absolute Gasteiger partial charge is 0.293 e. The van der Waals surface area contributed by atoms with Gasteiger partial charge in [-0.15, -0.1) is 10.2 Å². The number of hydrogen-bond acceptors (Lipinski definition) is 5. The Morgan fingerprint density at radius 1 is 1.07 bits per heavy atom. The van der Waals surface area contributed by atoms with Gasteiger partial charge in [0.1, 0.15) is 11.0 Å². The maximum Gasteiger partial charge on any atom is 0.293 e. The van der Waals surface area contributed by atoms with Crippen molar-refractivity contribution in [3.63, 3.8) is 0 Å². The summed E-state index contributed by atoms with van der Waals surface area (Å²) in [7, 11) is 0. The molecule has 27 heavy (non-hydrogen) atoms. The van der Waals surface area contributed by atoms with Gasteiger partial charge in [-0.1, -0.05) is 11.6 Å². The molecular formula is C18H12ClN5O2S. The summed E-state index contributed by atoms with van der Waals surface area (Å²) in [5.74, 6) is -0.243. The minimum Gasteiger partial charge on any atom is -0.459 e. The molecule has 2 N–H and O–H groups in total. The van der Waals surface area contributed by atoms with Gasteiger partial charge in [-0.25, -0.2) is 0 Å². The number of nitrogens with one attached hydrogen (secondary N) is 2. The Morgan fingerprint density at radius 2 is 1.85 bits per heavy atom. The van der Waals surface area contributed by atoms with E-state index in [2.05, 4.69) is 20.8 Å². The number of aromatic nitrogens is 3. The molecule has 0 aliphatic carbocycles. The molecule has 1 amide bonds. The zero-order valence-corrected chi connectivity index (χ0v) is 15.3. The van der Waals surface area contributed by atoms with Gasteiger partial charge in [-0.3, -0.25) is 10.1 Å². The van der Waals surface area contributed by atoms with E-state index in [4.69, 9.17) is 28.2 Å². The van der Waals surface area contributed by atoms with E-state index >= 15 is 0 Å². The van der Waals surface area contributed by atoms with E-state index in [1.54, 1.807) is 36.4 Å². The predicted octanol–water partition coefficient (Wildman–Crippen LogP) is 3.79. The number of nitrogens with zero attached hydrogens (tertiary/aromatic N) is 3. The molecule has 0 saturated heterocycles. The summed E-state index contributed by atoms with van der Waals surface area (Å²) in [6.45, 7) is 0. The van der Waals surface area contributed by atoms with Gasteiger partial charge in [-0.05, 0) is 66.8 Å². The van der Waals surface area contributed by atoms with Crippen LogP contribution in [0.15, 0.2) is 65.3 Å². The van der Waals surface area contributed by atoms with Crippen LogP contribution in [0, 0.1) is 0 Å². The number of thiocarbonyl (C=S) groups is 1. The van der Waals surface area contributed by atoms with Crippen LogP contribution in [0.2, 0.25) is 5.02 Å². The molecule has 0 fully saturated rings. The van der Waals surface area contributed by atoms with Crippen molar-refractivity contribution in [1.29, 1.82) is 0 Å². The standard InChI is InChI=1S/C18H12ClN5O2S/c19-11-3-6-13(7-4-11)24-22-14-8-5-12(10-15(14)23-24)20-18(27)21-17(25)16-2-1-9-26-16/h1-10H,(H2,20,21,25,27). The van der Waals surface area contributed by atoms with Gasteiger partial charge in [0, 0.05) is 10.7 Å². The zero-order chi connectivity index (χ0) is 18.8. The van der Waals surface area contributed by atoms with Gasteiger partial charge in [0.05, 0.1) is 12.0 Å². The summed E-state index contributed by atoms with van der Waals surface area (Å²) in [6, 6.07) is 15.8. The number of carbonyl (C=O) groups excluding carboxylic acids is 1. The number of rotatable bonds is 3. The summed E-state index contributed by atoms with van der Waals surface area (Å²) in [6.07, 6.45) is 1.42. The number of amides is 1. The maximum absolute atomic E-state index is 11.9. The summed E-state index contributed by atoms with van der Waals surface area (Å²) < 4.78 is 5.03. The normalized spacial score (nSPS) is 10.7. The van der Waals surface area contributed by atoms with Gasteiger partial charge in [0.25, 0.3) is 5.91 Å². The van der Waals surface area contributed by atoms with E-state index in [1.807, 2.05) is 18.2 Å². The number of furan rings is 1. The Balaban J connectivity index is 1.50. The average Bonchev–Trinajstić information content (AvgIpc) is 3.31. The second kappa shape index (κ2) is 7.18. The molecule has 0 unspecified atom stereocenters. The monoisotopic (exact) mass is 397 g/mol. The second-order valence-electron chi connectivity index (χ2n) is 5.55. The summed E-state index contributed by atoms with van der Waals surface area (Å²) in [5, 5.41) is 15.2. The molecule has 4 rings (SSSR count). The molecule has 2 aromatic carbocycles. The molecule has 9 heteroatoms. The highest BCUT2D eigenvalue weighted by molar-refractivity contribution is 7.80. The fourth-order valence-corrected chi connectivity index (χ4v) is 2.75. The molecule has 134 valence electrons. The van der Waals surface area contributed by atoms with Crippen LogP contribution in [0.4, 0.5) is 5.69 Å². The van der Waals surface area contributed by atoms with Crippen LogP contribution in [0.5, 0.6) is 0 Å². The van der Waals surface area contributed by atoms with Gasteiger partial charge < -0.3 is 9.73 Å². The first-order chi connectivity index (χ1) is 13.1. The Kier molecular flexibility index (Phi) is 4.57. The number of hydrogen-bond donors (Lipinski definition) is 2. The molecule has 0 aliphatic heterocycles. The third-order valence-electron chi connectivity index (χ3n) is 3.67. The van der Waals surface area contributed by atoms with Crippen LogP contribution in [-0.2, 0) is 0 Å². The molecule has 2 aromatic heterocycles. The third kappa shape index (κ3) is 3.81. The summed E-state index contributed by atoms with van der Waals surface area (Å²) >= 11 is 11.1. The predicted molar refractivity (Wildman–Crippen MR) is 106 cm³/mol. The lowest BCUT2D eigenvalue weighted by Gasteiger charge is -2.08. The Hall–Kier alpha value is -3.23. The fourth-order valence-electron chi connectivity index (χ4n) is 2.42. The van der Waals surface area contributed by atoms with Crippen molar-refractivity contribution >= 4 is 51.6 Å². The van der Waals surface area contributed by atoms with Gasteiger partial charge in [-0.2, -0.15) is 4.80 Å². The first-order valence-electron chi connectivity index (χ1n) is 7.87. The molecule has 4 aromatic rings. The number of halogens is 1. The first kappa shape index (κ1) is 17.2. The highest BCUT2D eigenvalue weighted by Crippen LogP contribution is 2.18. The average molecular weight is 398 g/mol. The van der Waals surface area contributed by atoms with E-state index in [9.17, 15) is 4.79 Å². The van der Waals surface area contributed by atoms with Crippen molar-refractivity contribution in [3.05, 3.63) is 71.6 Å². The largest absolute Gasteiger partial charge is 0.459 e. The highest BCUT2D eigenvalue weighted by atomic mass is 35.5. The van der Waals surface area contributed by atoms with Crippen molar-refractivity contribution in [2.45, 2.75) is 0 Å². The molecule has 7 nitrogen and oxygen atoms in total. The van der Waals surface area contributed by atoms with E-state index in [0.717, 1.165) is 11.2 Å². The van der Waals surface area contributed by atoms with Crippen LogP contribution >= 0.6 is 23.8 Å². The minimum atomic E-state index is -0.424. The zero-order valence-electron chi connectivity index (χ0n) is 13.7. The number of benzene rings is 2. The quantitative estimate of drug-likeness (QED) is 0.511. The molecular weight excluding hydrogens is 386 g/mol. The highest BCUT2D eigenvalue weighted by Gasteiger charge is 2.11. The fraction of sp³-hybridized carbons (Fsp3) is 0. The van der Waals surface area contributed by atoms with E-state index < -0.39 is 5.91 Å². The Bertz CT molecular complexity index is 1120. The van der Waals surface area contributed by atoms with E-state index in [0.29, 0.717) is 16.2 Å². The lowest BCUT2D eigenvalue weighted by atomic mass is 10.3. The molecule has 0 radical (unpaired) electrons. The van der Waals surface area contributed by atoms with Crippen molar-refractivity contribution in [3.8, 4) is 5.69 Å². The van der Waals surface area contributed by atoms with Crippen molar-refractivity contribution < 1.29 is 9.21 Å². The molecule has 0 bridgehead atoms. The van der Waals surface area contributed by atoms with Crippen LogP contribution < -0.4 is 10.6 Å². The number of anilines is 1. The Morgan fingerprint density at radius 3 is 2.59 bits per heavy atom.